The van der Waals surface area contributed by atoms with Crippen LogP contribution in [0.5, 0.6) is 11.5 Å². The molecular formula is C18H21N5O2. The number of benzene rings is 2. The Labute approximate surface area is 146 Å². The van der Waals surface area contributed by atoms with Crippen LogP contribution in [0.2, 0.25) is 0 Å². The maximum absolute atomic E-state index is 6.26. The van der Waals surface area contributed by atoms with Gasteiger partial charge in [-0.05, 0) is 42.0 Å². The van der Waals surface area contributed by atoms with E-state index in [2.05, 4.69) is 20.5 Å². The lowest BCUT2D eigenvalue weighted by Crippen LogP contribution is -2.14. The summed E-state index contributed by atoms with van der Waals surface area (Å²) in [5.41, 5.74) is 8.12. The second-order valence-electron chi connectivity index (χ2n) is 5.48. The molecule has 1 aromatic heterocycles. The first kappa shape index (κ1) is 16.8. The van der Waals surface area contributed by atoms with Crippen molar-refractivity contribution in [3.63, 3.8) is 0 Å². The van der Waals surface area contributed by atoms with E-state index in [0.717, 1.165) is 22.7 Å². The van der Waals surface area contributed by atoms with Crippen LogP contribution in [0, 0.1) is 0 Å². The van der Waals surface area contributed by atoms with Gasteiger partial charge in [0.15, 0.2) is 5.82 Å². The van der Waals surface area contributed by atoms with Crippen LogP contribution in [-0.4, -0.2) is 29.4 Å². The number of aromatic amines is 1. The normalized spacial score (nSPS) is 11.8. The Kier molecular flexibility index (Phi) is 5.15. The van der Waals surface area contributed by atoms with Gasteiger partial charge in [-0.2, -0.15) is 5.10 Å². The van der Waals surface area contributed by atoms with Gasteiger partial charge < -0.3 is 20.5 Å². The van der Waals surface area contributed by atoms with Crippen molar-refractivity contribution in [2.24, 2.45) is 5.73 Å². The van der Waals surface area contributed by atoms with Gasteiger partial charge in [-0.3, -0.25) is 5.10 Å². The van der Waals surface area contributed by atoms with Crippen LogP contribution in [0.1, 0.15) is 23.3 Å². The fourth-order valence-corrected chi connectivity index (χ4v) is 2.41. The molecular weight excluding hydrogens is 318 g/mol. The van der Waals surface area contributed by atoms with Gasteiger partial charge in [-0.15, -0.1) is 0 Å². The molecule has 0 aliphatic rings. The number of aromatic nitrogens is 3. The Morgan fingerprint density at radius 2 is 1.84 bits per heavy atom. The van der Waals surface area contributed by atoms with Crippen molar-refractivity contribution in [2.75, 3.05) is 19.5 Å². The minimum absolute atomic E-state index is 0.416. The number of nitrogens with one attached hydrogen (secondary N) is 2. The quantitative estimate of drug-likeness (QED) is 0.612. The van der Waals surface area contributed by atoms with Gasteiger partial charge in [0, 0.05) is 5.69 Å². The molecule has 0 aliphatic carbocycles. The Bertz CT molecular complexity index is 816. The van der Waals surface area contributed by atoms with E-state index in [-0.39, 0.29) is 0 Å². The van der Waals surface area contributed by atoms with Gasteiger partial charge in [-0.25, -0.2) is 4.98 Å². The summed E-state index contributed by atoms with van der Waals surface area (Å²) in [5, 5.41) is 10.4. The van der Waals surface area contributed by atoms with Crippen LogP contribution in [-0.2, 0) is 6.54 Å². The molecule has 0 fully saturated rings. The first-order chi connectivity index (χ1) is 12.2. The predicted molar refractivity (Wildman–Crippen MR) is 95.7 cm³/mol. The Balaban J connectivity index is 1.64. The molecule has 7 nitrogen and oxygen atoms in total. The number of ether oxygens (including phenoxy) is 2. The van der Waals surface area contributed by atoms with E-state index >= 15 is 0 Å². The highest BCUT2D eigenvalue weighted by Crippen LogP contribution is 2.21. The molecule has 0 saturated carbocycles. The van der Waals surface area contributed by atoms with E-state index in [9.17, 15) is 0 Å². The average molecular weight is 339 g/mol. The van der Waals surface area contributed by atoms with Crippen LogP contribution in [0.4, 0.5) is 5.69 Å². The number of hydrogen-bond donors (Lipinski definition) is 3. The highest BCUT2D eigenvalue weighted by molar-refractivity contribution is 5.46. The van der Waals surface area contributed by atoms with Crippen LogP contribution in [0.3, 0.4) is 0 Å². The molecule has 0 aliphatic heterocycles. The molecule has 0 spiro atoms. The summed E-state index contributed by atoms with van der Waals surface area (Å²) in [6.45, 7) is 0.518. The first-order valence-electron chi connectivity index (χ1n) is 7.88. The molecule has 4 N–H and O–H groups in total. The molecule has 1 heterocycles. The molecule has 25 heavy (non-hydrogen) atoms. The van der Waals surface area contributed by atoms with Crippen molar-refractivity contribution in [3.05, 3.63) is 65.7 Å². The molecule has 3 aromatic rings. The summed E-state index contributed by atoms with van der Waals surface area (Å²) >= 11 is 0. The molecule has 0 amide bonds. The first-order valence-corrected chi connectivity index (χ1v) is 7.88. The van der Waals surface area contributed by atoms with E-state index in [1.807, 2.05) is 48.5 Å². The van der Waals surface area contributed by atoms with Crippen LogP contribution in [0.25, 0.3) is 0 Å². The molecule has 0 saturated heterocycles. The van der Waals surface area contributed by atoms with E-state index in [1.165, 1.54) is 0 Å². The topological polar surface area (TPSA) is 98.1 Å². The van der Waals surface area contributed by atoms with E-state index < -0.39 is 6.04 Å². The van der Waals surface area contributed by atoms with Gasteiger partial charge in [0.2, 0.25) is 0 Å². The largest absolute Gasteiger partial charge is 0.497 e. The minimum atomic E-state index is -0.416. The van der Waals surface area contributed by atoms with Crippen molar-refractivity contribution < 1.29 is 9.47 Å². The summed E-state index contributed by atoms with van der Waals surface area (Å²) in [7, 11) is 3.27. The van der Waals surface area contributed by atoms with Crippen molar-refractivity contribution in [2.45, 2.75) is 12.6 Å². The Morgan fingerprint density at radius 3 is 2.56 bits per heavy atom. The van der Waals surface area contributed by atoms with Gasteiger partial charge in [0.05, 0.1) is 26.8 Å². The number of nitrogens with zero attached hydrogens (tertiary/aromatic N) is 2. The highest BCUT2D eigenvalue weighted by atomic mass is 16.5. The maximum Gasteiger partial charge on any atom is 0.171 e. The molecule has 0 unspecified atom stereocenters. The molecule has 0 radical (unpaired) electrons. The summed E-state index contributed by atoms with van der Waals surface area (Å²) < 4.78 is 10.4. The summed E-state index contributed by atoms with van der Waals surface area (Å²) in [4.78, 5) is 4.47. The SMILES string of the molecule is COc1ccc(NCc2nc([C@H](N)c3cccc(OC)c3)n[nH]2)cc1. The van der Waals surface area contributed by atoms with Crippen molar-refractivity contribution in [1.29, 1.82) is 0 Å². The third-order valence-corrected chi connectivity index (χ3v) is 3.83. The van der Waals surface area contributed by atoms with Crippen LogP contribution >= 0.6 is 0 Å². The number of rotatable bonds is 7. The lowest BCUT2D eigenvalue weighted by atomic mass is 10.1. The summed E-state index contributed by atoms with van der Waals surface area (Å²) in [6.07, 6.45) is 0. The second kappa shape index (κ2) is 7.67. The minimum Gasteiger partial charge on any atom is -0.497 e. The van der Waals surface area contributed by atoms with Gasteiger partial charge >= 0.3 is 0 Å². The highest BCUT2D eigenvalue weighted by Gasteiger charge is 2.15. The van der Waals surface area contributed by atoms with Gasteiger partial charge in [0.25, 0.3) is 0 Å². The standard InChI is InChI=1S/C18H21N5O2/c1-24-14-8-6-13(7-9-14)20-11-16-21-18(23-22-16)17(19)12-4-3-5-15(10-12)25-2/h3-10,17,20H,11,19H2,1-2H3,(H,21,22,23)/t17-/m1/s1. The van der Waals surface area contributed by atoms with Crippen molar-refractivity contribution >= 4 is 5.69 Å². The molecule has 3 rings (SSSR count). The monoisotopic (exact) mass is 339 g/mol. The smallest absolute Gasteiger partial charge is 0.171 e. The van der Waals surface area contributed by atoms with Crippen molar-refractivity contribution in [1.82, 2.24) is 15.2 Å². The maximum atomic E-state index is 6.26. The zero-order valence-electron chi connectivity index (χ0n) is 14.2. The number of anilines is 1. The number of nitrogens with two attached hydrogens (primary N) is 1. The third-order valence-electron chi connectivity index (χ3n) is 3.83. The van der Waals surface area contributed by atoms with Crippen LogP contribution < -0.4 is 20.5 Å². The lowest BCUT2D eigenvalue weighted by molar-refractivity contribution is 0.414. The lowest BCUT2D eigenvalue weighted by Gasteiger charge is -2.09. The number of H-pyrrole nitrogens is 1. The zero-order chi connectivity index (χ0) is 17.6. The van der Waals surface area contributed by atoms with E-state index in [1.54, 1.807) is 14.2 Å². The molecule has 1 atom stereocenters. The molecule has 0 bridgehead atoms. The second-order valence-corrected chi connectivity index (χ2v) is 5.48. The zero-order valence-corrected chi connectivity index (χ0v) is 14.2. The summed E-state index contributed by atoms with van der Waals surface area (Å²) in [5.74, 6) is 2.82. The van der Waals surface area contributed by atoms with Crippen molar-refractivity contribution in [3.8, 4) is 11.5 Å². The predicted octanol–water partition coefficient (Wildman–Crippen LogP) is 2.48. The van der Waals surface area contributed by atoms with E-state index in [0.29, 0.717) is 18.2 Å². The Morgan fingerprint density at radius 1 is 1.08 bits per heavy atom. The molecule has 130 valence electrons. The number of methoxy groups -OCH3 is 2. The average Bonchev–Trinajstić information content (AvgIpc) is 3.15. The fraction of sp³-hybridized carbons (Fsp3) is 0.222. The van der Waals surface area contributed by atoms with Gasteiger partial charge in [-0.1, -0.05) is 12.1 Å². The van der Waals surface area contributed by atoms with E-state index in [4.69, 9.17) is 15.2 Å². The molecule has 7 heteroatoms. The third kappa shape index (κ3) is 4.07. The van der Waals surface area contributed by atoms with Gasteiger partial charge in [0.1, 0.15) is 17.3 Å². The number of hydrogen-bond acceptors (Lipinski definition) is 6. The fourth-order valence-electron chi connectivity index (χ4n) is 2.41. The molecule has 2 aromatic carbocycles. The Hall–Kier alpha value is -3.06. The summed E-state index contributed by atoms with van der Waals surface area (Å²) in [6, 6.07) is 14.8. The van der Waals surface area contributed by atoms with Crippen LogP contribution in [0.15, 0.2) is 48.5 Å².